The van der Waals surface area contributed by atoms with Crippen molar-refractivity contribution in [2.45, 2.75) is 33.2 Å². The van der Waals surface area contributed by atoms with Crippen molar-refractivity contribution in [1.82, 2.24) is 20.5 Å². The van der Waals surface area contributed by atoms with Gasteiger partial charge in [0.15, 0.2) is 0 Å². The molecule has 0 spiro atoms. The third-order valence-electron chi connectivity index (χ3n) is 4.01. The van der Waals surface area contributed by atoms with E-state index in [1.165, 1.54) is 0 Å². The Balaban J connectivity index is 1.55. The van der Waals surface area contributed by atoms with Crippen LogP contribution in [-0.4, -0.2) is 21.1 Å². The maximum Gasteiger partial charge on any atom is 0.220 e. The van der Waals surface area contributed by atoms with E-state index in [9.17, 15) is 4.79 Å². The molecule has 1 aromatic carbocycles. The van der Waals surface area contributed by atoms with E-state index in [-0.39, 0.29) is 5.91 Å². The number of carbonyl (C=O) groups is 1. The van der Waals surface area contributed by atoms with Crippen molar-refractivity contribution in [3.63, 3.8) is 0 Å². The highest BCUT2D eigenvalue weighted by Gasteiger charge is 2.09. The van der Waals surface area contributed by atoms with Crippen LogP contribution >= 0.6 is 0 Å². The molecule has 2 aromatic heterocycles. The van der Waals surface area contributed by atoms with Gasteiger partial charge in [-0.2, -0.15) is 5.10 Å². The molecule has 0 aliphatic carbocycles. The summed E-state index contributed by atoms with van der Waals surface area (Å²) >= 11 is 0. The highest BCUT2D eigenvalue weighted by atomic mass is 16.1. The van der Waals surface area contributed by atoms with Crippen LogP contribution in [0.4, 0.5) is 0 Å². The number of rotatable bonds is 5. The lowest BCUT2D eigenvalue weighted by Gasteiger charge is -2.06. The topological polar surface area (TPSA) is 70.7 Å². The SMILES string of the molecule is Cc1n[nH]c(C)c1CCC(=O)NCc1ccc2ccccc2n1. The van der Waals surface area contributed by atoms with Gasteiger partial charge in [-0.25, -0.2) is 0 Å². The van der Waals surface area contributed by atoms with Crippen molar-refractivity contribution >= 4 is 16.8 Å². The van der Waals surface area contributed by atoms with Gasteiger partial charge in [-0.3, -0.25) is 14.9 Å². The Labute approximate surface area is 135 Å². The summed E-state index contributed by atoms with van der Waals surface area (Å²) < 4.78 is 0. The first-order valence-electron chi connectivity index (χ1n) is 7.75. The summed E-state index contributed by atoms with van der Waals surface area (Å²) in [5.41, 5.74) is 4.94. The van der Waals surface area contributed by atoms with Gasteiger partial charge in [-0.15, -0.1) is 0 Å². The third kappa shape index (κ3) is 3.56. The number of amides is 1. The number of aromatic amines is 1. The second-order valence-electron chi connectivity index (χ2n) is 5.68. The second kappa shape index (κ2) is 6.60. The molecule has 0 radical (unpaired) electrons. The van der Waals surface area contributed by atoms with E-state index in [1.54, 1.807) is 0 Å². The third-order valence-corrected chi connectivity index (χ3v) is 4.01. The summed E-state index contributed by atoms with van der Waals surface area (Å²) in [6.45, 7) is 4.38. The number of carbonyl (C=O) groups excluding carboxylic acids is 1. The zero-order valence-electron chi connectivity index (χ0n) is 13.4. The van der Waals surface area contributed by atoms with E-state index >= 15 is 0 Å². The summed E-state index contributed by atoms with van der Waals surface area (Å²) in [7, 11) is 0. The van der Waals surface area contributed by atoms with Gasteiger partial charge in [0.1, 0.15) is 0 Å². The summed E-state index contributed by atoms with van der Waals surface area (Å²) in [5.74, 6) is 0.0277. The number of fused-ring (bicyclic) bond motifs is 1. The van der Waals surface area contributed by atoms with Crippen molar-refractivity contribution in [3.05, 3.63) is 59.0 Å². The van der Waals surface area contributed by atoms with Crippen molar-refractivity contribution < 1.29 is 4.79 Å². The van der Waals surface area contributed by atoms with Crippen LogP contribution in [0.1, 0.15) is 29.1 Å². The minimum Gasteiger partial charge on any atom is -0.350 e. The molecule has 2 N–H and O–H groups in total. The van der Waals surface area contributed by atoms with Gasteiger partial charge in [0.2, 0.25) is 5.91 Å². The Morgan fingerprint density at radius 1 is 1.17 bits per heavy atom. The van der Waals surface area contributed by atoms with Crippen molar-refractivity contribution in [2.24, 2.45) is 0 Å². The minimum atomic E-state index is 0.0277. The van der Waals surface area contributed by atoms with E-state index in [1.807, 2.05) is 50.2 Å². The molecule has 0 bridgehead atoms. The first-order valence-corrected chi connectivity index (χ1v) is 7.75. The number of hydrogen-bond acceptors (Lipinski definition) is 3. The van der Waals surface area contributed by atoms with E-state index in [4.69, 9.17) is 0 Å². The van der Waals surface area contributed by atoms with E-state index in [2.05, 4.69) is 20.5 Å². The molecule has 0 unspecified atom stereocenters. The van der Waals surface area contributed by atoms with E-state index in [0.717, 1.165) is 33.5 Å². The fourth-order valence-corrected chi connectivity index (χ4v) is 2.67. The molecule has 23 heavy (non-hydrogen) atoms. The summed E-state index contributed by atoms with van der Waals surface area (Å²) in [5, 5.41) is 11.1. The molecular weight excluding hydrogens is 288 g/mol. The molecule has 0 aliphatic rings. The molecule has 0 saturated heterocycles. The quantitative estimate of drug-likeness (QED) is 0.761. The van der Waals surface area contributed by atoms with Crippen LogP contribution in [0.5, 0.6) is 0 Å². The van der Waals surface area contributed by atoms with Crippen molar-refractivity contribution in [2.75, 3.05) is 0 Å². The van der Waals surface area contributed by atoms with Crippen LogP contribution < -0.4 is 5.32 Å². The smallest absolute Gasteiger partial charge is 0.220 e. The molecule has 2 heterocycles. The second-order valence-corrected chi connectivity index (χ2v) is 5.68. The summed E-state index contributed by atoms with van der Waals surface area (Å²) in [6, 6.07) is 11.9. The monoisotopic (exact) mass is 308 g/mol. The molecule has 3 aromatic rings. The normalized spacial score (nSPS) is 10.9. The van der Waals surface area contributed by atoms with Gasteiger partial charge in [0.05, 0.1) is 23.4 Å². The lowest BCUT2D eigenvalue weighted by Crippen LogP contribution is -2.23. The lowest BCUT2D eigenvalue weighted by molar-refractivity contribution is -0.121. The number of aromatic nitrogens is 3. The highest BCUT2D eigenvalue weighted by molar-refractivity contribution is 5.79. The molecule has 0 aliphatic heterocycles. The molecule has 0 fully saturated rings. The largest absolute Gasteiger partial charge is 0.350 e. The van der Waals surface area contributed by atoms with E-state index in [0.29, 0.717) is 19.4 Å². The lowest BCUT2D eigenvalue weighted by atomic mass is 10.1. The average molecular weight is 308 g/mol. The van der Waals surface area contributed by atoms with Gasteiger partial charge in [0, 0.05) is 17.5 Å². The predicted octanol–water partition coefficient (Wildman–Crippen LogP) is 2.82. The van der Waals surface area contributed by atoms with Crippen LogP contribution in [0.15, 0.2) is 36.4 Å². The van der Waals surface area contributed by atoms with Crippen LogP contribution in [-0.2, 0) is 17.8 Å². The highest BCUT2D eigenvalue weighted by Crippen LogP contribution is 2.13. The molecule has 0 atom stereocenters. The van der Waals surface area contributed by atoms with Crippen LogP contribution in [0.2, 0.25) is 0 Å². The number of aryl methyl sites for hydroxylation is 2. The van der Waals surface area contributed by atoms with Gasteiger partial charge in [-0.1, -0.05) is 24.3 Å². The number of hydrogen-bond donors (Lipinski definition) is 2. The fraction of sp³-hybridized carbons (Fsp3) is 0.278. The van der Waals surface area contributed by atoms with Crippen LogP contribution in [0, 0.1) is 13.8 Å². The Morgan fingerprint density at radius 3 is 2.78 bits per heavy atom. The molecule has 1 amide bonds. The number of benzene rings is 1. The molecule has 0 saturated carbocycles. The zero-order valence-corrected chi connectivity index (χ0v) is 13.4. The van der Waals surface area contributed by atoms with Crippen LogP contribution in [0.25, 0.3) is 10.9 Å². The Kier molecular flexibility index (Phi) is 4.37. The molecule has 3 rings (SSSR count). The summed E-state index contributed by atoms with van der Waals surface area (Å²) in [4.78, 5) is 16.6. The Morgan fingerprint density at radius 2 is 2.00 bits per heavy atom. The number of pyridine rings is 1. The van der Waals surface area contributed by atoms with E-state index < -0.39 is 0 Å². The van der Waals surface area contributed by atoms with Crippen molar-refractivity contribution in [1.29, 1.82) is 0 Å². The first kappa shape index (κ1) is 15.2. The minimum absolute atomic E-state index is 0.0277. The standard InChI is InChI=1S/C18H20N4O/c1-12-16(13(2)22-21-12)9-10-18(23)19-11-15-8-7-14-5-3-4-6-17(14)20-15/h3-8H,9-11H2,1-2H3,(H,19,23)(H,21,22). The molecular formula is C18H20N4O. The Bertz CT molecular complexity index is 818. The Hall–Kier alpha value is -2.69. The van der Waals surface area contributed by atoms with Gasteiger partial charge >= 0.3 is 0 Å². The van der Waals surface area contributed by atoms with Crippen molar-refractivity contribution in [3.8, 4) is 0 Å². The number of H-pyrrole nitrogens is 1. The maximum absolute atomic E-state index is 12.0. The number of nitrogens with zero attached hydrogens (tertiary/aromatic N) is 2. The summed E-state index contributed by atoms with van der Waals surface area (Å²) in [6.07, 6.45) is 1.15. The molecule has 5 nitrogen and oxygen atoms in total. The van der Waals surface area contributed by atoms with Crippen LogP contribution in [0.3, 0.4) is 0 Å². The number of para-hydroxylation sites is 1. The predicted molar refractivity (Wildman–Crippen MR) is 90.0 cm³/mol. The first-order chi connectivity index (χ1) is 11.1. The molecule has 118 valence electrons. The maximum atomic E-state index is 12.0. The average Bonchev–Trinajstić information content (AvgIpc) is 2.89. The van der Waals surface area contributed by atoms with Gasteiger partial charge in [0.25, 0.3) is 0 Å². The fourth-order valence-electron chi connectivity index (χ4n) is 2.67. The van der Waals surface area contributed by atoms with Gasteiger partial charge in [-0.05, 0) is 38.0 Å². The van der Waals surface area contributed by atoms with Gasteiger partial charge < -0.3 is 5.32 Å². The number of nitrogens with one attached hydrogen (secondary N) is 2. The zero-order chi connectivity index (χ0) is 16.2. The molecule has 5 heteroatoms.